The Hall–Kier alpha value is -3.85. The summed E-state index contributed by atoms with van der Waals surface area (Å²) in [6.07, 6.45) is 11.0. The van der Waals surface area contributed by atoms with E-state index in [0.717, 1.165) is 200 Å². The molecule has 6 unspecified atom stereocenters. The Labute approximate surface area is 677 Å². The summed E-state index contributed by atoms with van der Waals surface area (Å²) in [6, 6.07) is 19.6. The van der Waals surface area contributed by atoms with Gasteiger partial charge in [-0.1, -0.05) is 229 Å². The molecular formula is C93H174N12O3S. The number of rotatable bonds is 45. The Morgan fingerprint density at radius 2 is 0.505 bits per heavy atom. The van der Waals surface area contributed by atoms with Crippen LogP contribution in [0.2, 0.25) is 0 Å². The number of benzene rings is 4. The fraction of sp³-hybridized carbons (Fsp3) is 0.742. The van der Waals surface area contributed by atoms with Crippen LogP contribution in [0.15, 0.2) is 53.4 Å². The number of hydrogen-bond donors (Lipinski definition) is 10. The van der Waals surface area contributed by atoms with Gasteiger partial charge >= 0.3 is 0 Å². The maximum atomic E-state index is 11.6. The van der Waals surface area contributed by atoms with Crippen molar-refractivity contribution in [3.63, 3.8) is 0 Å². The summed E-state index contributed by atoms with van der Waals surface area (Å²) < 4.78 is 0. The standard InChI is InChI=1S/C27H51N3O.C24H45N3O.C24H45N3S.C18H33N3O/c1-7-13-25(28,14-8-2)21-19-22(26(29,15-9-3)16-10-4)24(31)23(20-21)27(30,17-11-5)18-12-6;2*1-10-25(11-2)18(7)21-16-22(19(8)26(12-3)13-4)24(28)23(17-21)20(9)27(14-5)15-6;1-16(2,9-19)12-7-13(17(3,4)10-20)15(22)14(8-12)18(5,6)11-21/h19-20,31H,7-18,28-30H2,1-6H3;2*16-20,28H,10-15H2,1-9H3;7-8,22H,9-11,19-21H2,1-6H3. The Bertz CT molecular complexity index is 2920. The molecule has 15 nitrogen and oxygen atoms in total. The van der Waals surface area contributed by atoms with Crippen molar-refractivity contribution in [3.8, 4) is 17.2 Å². The third-order valence-corrected chi connectivity index (χ3v) is 25.6. The number of hydrogen-bond acceptors (Lipinski definition) is 16. The maximum Gasteiger partial charge on any atom is 0.125 e. The fourth-order valence-electron chi connectivity index (χ4n) is 17.0. The monoisotopic (exact) mass is 1540 g/mol. The summed E-state index contributed by atoms with van der Waals surface area (Å²) in [6.45, 7) is 79.6. The van der Waals surface area contributed by atoms with Gasteiger partial charge in [0, 0.05) is 127 Å². The highest BCUT2D eigenvalue weighted by Crippen LogP contribution is 2.48. The molecule has 0 saturated carbocycles. The van der Waals surface area contributed by atoms with E-state index in [4.69, 9.17) is 47.0 Å². The minimum atomic E-state index is -0.572. The lowest BCUT2D eigenvalue weighted by atomic mass is 9.72. The van der Waals surface area contributed by atoms with Crippen LogP contribution in [0.5, 0.6) is 17.2 Å². The van der Waals surface area contributed by atoms with Gasteiger partial charge < -0.3 is 49.7 Å². The van der Waals surface area contributed by atoms with Gasteiger partial charge in [-0.3, -0.25) is 29.4 Å². The first-order valence-corrected chi connectivity index (χ1v) is 44.0. The molecule has 4 aromatic carbocycles. The van der Waals surface area contributed by atoms with E-state index in [0.29, 0.717) is 61.1 Å². The fourth-order valence-corrected chi connectivity index (χ4v) is 17.5. The number of nitrogens with two attached hydrogens (primary N) is 6. The van der Waals surface area contributed by atoms with E-state index in [9.17, 15) is 15.3 Å². The highest BCUT2D eigenvalue weighted by atomic mass is 32.1. The molecule has 4 aromatic rings. The average molecular weight is 1540 g/mol. The summed E-state index contributed by atoms with van der Waals surface area (Å²) in [7, 11) is 0. The molecule has 0 saturated heterocycles. The molecule has 0 radical (unpaired) electrons. The highest BCUT2D eigenvalue weighted by Gasteiger charge is 2.40. The van der Waals surface area contributed by atoms with Gasteiger partial charge in [0.15, 0.2) is 0 Å². The summed E-state index contributed by atoms with van der Waals surface area (Å²) >= 11 is 5.08. The third-order valence-electron chi connectivity index (χ3n) is 25.1. The second-order valence-electron chi connectivity index (χ2n) is 33.6. The SMILES string of the molecule is CC(C)(CN)c1cc(C(C)(C)CN)c(O)c(C(C)(C)CN)c1.CCCC(N)(CCC)c1cc(C(N)(CCC)CCC)c(O)c(C(N)(CCC)CCC)c1.CCN(CC)C(C)c1cc(C(C)N(CC)CC)c(O)c(C(C)N(CC)CC)c1.CCN(CC)C(C)c1cc(C(C)N(CC)CC)c(S)c(C(C)N(CC)CC)c1. The van der Waals surface area contributed by atoms with Crippen LogP contribution in [0.1, 0.15) is 388 Å². The molecule has 0 fully saturated rings. The molecule has 15 N–H and O–H groups in total. The van der Waals surface area contributed by atoms with E-state index in [1.165, 1.54) is 27.1 Å². The van der Waals surface area contributed by atoms with Crippen LogP contribution in [0.3, 0.4) is 0 Å². The van der Waals surface area contributed by atoms with Gasteiger partial charge in [-0.05, 0) is 216 Å². The van der Waals surface area contributed by atoms with Crippen molar-refractivity contribution in [2.45, 2.75) is 359 Å². The second kappa shape index (κ2) is 48.5. The second-order valence-corrected chi connectivity index (χ2v) is 34.0. The zero-order valence-electron chi connectivity index (χ0n) is 76.1. The van der Waals surface area contributed by atoms with E-state index in [1.54, 1.807) is 0 Å². The smallest absolute Gasteiger partial charge is 0.125 e. The lowest BCUT2D eigenvalue weighted by Crippen LogP contribution is -2.42. The van der Waals surface area contributed by atoms with E-state index >= 15 is 0 Å². The summed E-state index contributed by atoms with van der Waals surface area (Å²) in [5, 5.41) is 33.8. The summed E-state index contributed by atoms with van der Waals surface area (Å²) in [5.74, 6) is 1.09. The van der Waals surface area contributed by atoms with Gasteiger partial charge in [-0.25, -0.2) is 0 Å². The van der Waals surface area contributed by atoms with Crippen molar-refractivity contribution in [2.24, 2.45) is 34.4 Å². The normalized spacial score (nSPS) is 14.4. The summed E-state index contributed by atoms with van der Waals surface area (Å²) in [4.78, 5) is 16.0. The predicted molar refractivity (Wildman–Crippen MR) is 479 cm³/mol. The van der Waals surface area contributed by atoms with E-state index in [1.807, 2.05) is 39.8 Å². The van der Waals surface area contributed by atoms with Gasteiger partial charge in [-0.15, -0.1) is 12.6 Å². The average Bonchev–Trinajstić information content (AvgIpc) is 0.750. The lowest BCUT2D eigenvalue weighted by Gasteiger charge is -2.38. The van der Waals surface area contributed by atoms with Gasteiger partial charge in [0.25, 0.3) is 0 Å². The van der Waals surface area contributed by atoms with Crippen LogP contribution in [-0.4, -0.2) is 143 Å². The van der Waals surface area contributed by atoms with Crippen LogP contribution in [-0.2, 0) is 32.9 Å². The third kappa shape index (κ3) is 26.9. The molecule has 630 valence electrons. The van der Waals surface area contributed by atoms with Crippen LogP contribution in [0.4, 0.5) is 0 Å². The molecule has 4 rings (SSSR count). The number of nitrogens with zero attached hydrogens (tertiary/aromatic N) is 6. The molecule has 16 heteroatoms. The zero-order chi connectivity index (χ0) is 83.9. The molecule has 109 heavy (non-hydrogen) atoms. The highest BCUT2D eigenvalue weighted by molar-refractivity contribution is 7.80. The van der Waals surface area contributed by atoms with Crippen molar-refractivity contribution >= 4 is 12.6 Å². The van der Waals surface area contributed by atoms with Crippen LogP contribution in [0.25, 0.3) is 0 Å². The van der Waals surface area contributed by atoms with Crippen LogP contribution in [0, 0.1) is 0 Å². The Kier molecular flexibility index (Phi) is 45.9. The molecule has 0 heterocycles. The number of thiol groups is 1. The molecule has 6 atom stereocenters. The van der Waals surface area contributed by atoms with Crippen molar-refractivity contribution in [2.75, 3.05) is 98.2 Å². The van der Waals surface area contributed by atoms with Crippen LogP contribution < -0.4 is 34.4 Å². The van der Waals surface area contributed by atoms with Gasteiger partial charge in [-0.2, -0.15) is 0 Å². The van der Waals surface area contributed by atoms with Crippen molar-refractivity contribution in [3.05, 3.63) is 115 Å². The Morgan fingerprint density at radius 1 is 0.294 bits per heavy atom. The van der Waals surface area contributed by atoms with Gasteiger partial charge in [0.1, 0.15) is 17.2 Å². The number of phenols is 3. The van der Waals surface area contributed by atoms with Crippen molar-refractivity contribution in [1.82, 2.24) is 29.4 Å². The number of aromatic hydroxyl groups is 3. The van der Waals surface area contributed by atoms with E-state index < -0.39 is 16.6 Å². The van der Waals surface area contributed by atoms with Crippen molar-refractivity contribution in [1.29, 1.82) is 0 Å². The van der Waals surface area contributed by atoms with Crippen molar-refractivity contribution < 1.29 is 15.3 Å². The first-order valence-electron chi connectivity index (χ1n) is 43.6. The quantitative estimate of drug-likeness (QED) is 0.0185. The van der Waals surface area contributed by atoms with Crippen LogP contribution >= 0.6 is 12.6 Å². The topological polar surface area (TPSA) is 236 Å². The minimum absolute atomic E-state index is 0.174. The number of phenolic OH excluding ortho intramolecular Hbond substituents is 3. The Morgan fingerprint density at radius 3 is 0.743 bits per heavy atom. The lowest BCUT2D eigenvalue weighted by molar-refractivity contribution is 0.216. The molecule has 0 aliphatic carbocycles. The van der Waals surface area contributed by atoms with Gasteiger partial charge in [0.2, 0.25) is 0 Å². The maximum absolute atomic E-state index is 11.6. The molecule has 0 amide bonds. The first kappa shape index (κ1) is 103. The molecule has 0 spiro atoms. The van der Waals surface area contributed by atoms with Gasteiger partial charge in [0.05, 0.1) is 0 Å². The molecule has 0 aliphatic rings. The molecule has 0 aromatic heterocycles. The first-order chi connectivity index (χ1) is 51.1. The summed E-state index contributed by atoms with van der Waals surface area (Å²) in [5.41, 5.74) is 49.7. The molecular weight excluding hydrogens is 1370 g/mol. The molecule has 0 aliphatic heterocycles. The van der Waals surface area contributed by atoms with E-state index in [2.05, 4.69) is 246 Å². The minimum Gasteiger partial charge on any atom is -0.507 e. The predicted octanol–water partition coefficient (Wildman–Crippen LogP) is 20.5. The molecule has 0 bridgehead atoms. The zero-order valence-corrected chi connectivity index (χ0v) is 77.0. The Balaban J connectivity index is 0.000000731. The largest absolute Gasteiger partial charge is 0.507 e. The van der Waals surface area contributed by atoms with E-state index in [-0.39, 0.29) is 28.3 Å².